The Bertz CT molecular complexity index is 790. The van der Waals surface area contributed by atoms with Crippen LogP contribution >= 0.6 is 0 Å². The molecule has 0 radical (unpaired) electrons. The van der Waals surface area contributed by atoms with E-state index in [1.165, 1.54) is 5.56 Å². The second-order valence-electron chi connectivity index (χ2n) is 7.34. The summed E-state index contributed by atoms with van der Waals surface area (Å²) in [5.41, 5.74) is 1.91. The third-order valence-corrected chi connectivity index (χ3v) is 5.37. The highest BCUT2D eigenvalue weighted by molar-refractivity contribution is 5.96. The van der Waals surface area contributed by atoms with Crippen molar-refractivity contribution in [2.24, 2.45) is 0 Å². The second kappa shape index (κ2) is 12.9. The van der Waals surface area contributed by atoms with Crippen molar-refractivity contribution in [2.45, 2.75) is 45.6 Å². The molecule has 0 aliphatic heterocycles. The molecule has 0 aliphatic carbocycles. The van der Waals surface area contributed by atoms with Gasteiger partial charge in [0.05, 0.1) is 21.3 Å². The highest BCUT2D eigenvalue weighted by atomic mass is 16.5. The van der Waals surface area contributed by atoms with Gasteiger partial charge in [-0.05, 0) is 50.2 Å². The van der Waals surface area contributed by atoms with E-state index in [1.807, 2.05) is 12.1 Å². The maximum Gasteiger partial charge on any atom is 0.163 e. The molecule has 0 N–H and O–H groups in total. The lowest BCUT2D eigenvalue weighted by atomic mass is 10.0. The molecule has 0 atom stereocenters. The van der Waals surface area contributed by atoms with Crippen LogP contribution in [-0.2, 0) is 6.54 Å². The quantitative estimate of drug-likeness (QED) is 0.308. The molecule has 5 heteroatoms. The topological polar surface area (TPSA) is 48.0 Å². The zero-order valence-electron chi connectivity index (χ0n) is 18.8. The maximum absolute atomic E-state index is 12.4. The number of carbonyl (C=O) groups excluding carboxylic acids is 1. The standard InChI is InChI=1S/C25H35NO4/c1-5-26(19-21-12-9-10-14-23(21)28-2)17-11-7-6-8-13-22(27)20-15-16-24(29-3)25(18-20)30-4/h9-10,12,14-16,18H,5-8,11,13,17,19H2,1-4H3. The van der Waals surface area contributed by atoms with Crippen molar-refractivity contribution < 1.29 is 19.0 Å². The van der Waals surface area contributed by atoms with Gasteiger partial charge in [0, 0.05) is 24.1 Å². The van der Waals surface area contributed by atoms with Crippen LogP contribution in [0.2, 0.25) is 0 Å². The number of methoxy groups -OCH3 is 3. The predicted molar refractivity (Wildman–Crippen MR) is 121 cm³/mol. The van der Waals surface area contributed by atoms with Gasteiger partial charge in [0.2, 0.25) is 0 Å². The number of ether oxygens (including phenoxy) is 3. The van der Waals surface area contributed by atoms with Gasteiger partial charge in [-0.25, -0.2) is 0 Å². The van der Waals surface area contributed by atoms with Crippen LogP contribution in [0.4, 0.5) is 0 Å². The monoisotopic (exact) mass is 413 g/mol. The first-order chi connectivity index (χ1) is 14.6. The molecule has 164 valence electrons. The SMILES string of the molecule is CCN(CCCCCCC(=O)c1ccc(OC)c(OC)c1)Cc1ccccc1OC. The highest BCUT2D eigenvalue weighted by Gasteiger charge is 2.11. The highest BCUT2D eigenvalue weighted by Crippen LogP contribution is 2.28. The van der Waals surface area contributed by atoms with E-state index in [1.54, 1.807) is 39.5 Å². The van der Waals surface area contributed by atoms with Crippen LogP contribution in [0.1, 0.15) is 54.9 Å². The van der Waals surface area contributed by atoms with Crippen LogP contribution in [0, 0.1) is 0 Å². The molecular formula is C25H35NO4. The summed E-state index contributed by atoms with van der Waals surface area (Å²) in [5, 5.41) is 0. The zero-order valence-corrected chi connectivity index (χ0v) is 18.8. The molecule has 30 heavy (non-hydrogen) atoms. The Morgan fingerprint density at radius 2 is 1.53 bits per heavy atom. The molecule has 0 heterocycles. The molecule has 0 fully saturated rings. The minimum Gasteiger partial charge on any atom is -0.496 e. The van der Waals surface area contributed by atoms with E-state index < -0.39 is 0 Å². The summed E-state index contributed by atoms with van der Waals surface area (Å²) in [6.45, 7) is 5.16. The van der Waals surface area contributed by atoms with E-state index >= 15 is 0 Å². The molecule has 5 nitrogen and oxygen atoms in total. The van der Waals surface area contributed by atoms with Crippen LogP contribution < -0.4 is 14.2 Å². The number of ketones is 1. The Labute approximate surface area is 180 Å². The van der Waals surface area contributed by atoms with Gasteiger partial charge >= 0.3 is 0 Å². The van der Waals surface area contributed by atoms with Crippen LogP contribution in [-0.4, -0.2) is 45.1 Å². The number of rotatable bonds is 14. The number of unbranched alkanes of at least 4 members (excludes halogenated alkanes) is 3. The lowest BCUT2D eigenvalue weighted by Crippen LogP contribution is -2.24. The largest absolute Gasteiger partial charge is 0.496 e. The fourth-order valence-corrected chi connectivity index (χ4v) is 3.55. The molecule has 0 aromatic heterocycles. The van der Waals surface area contributed by atoms with Gasteiger partial charge in [0.25, 0.3) is 0 Å². The lowest BCUT2D eigenvalue weighted by molar-refractivity contribution is 0.0978. The minimum absolute atomic E-state index is 0.155. The van der Waals surface area contributed by atoms with Crippen molar-refractivity contribution in [3.8, 4) is 17.2 Å². The maximum atomic E-state index is 12.4. The Morgan fingerprint density at radius 3 is 2.23 bits per heavy atom. The predicted octanol–water partition coefficient (Wildman–Crippen LogP) is 5.37. The Morgan fingerprint density at radius 1 is 0.833 bits per heavy atom. The Balaban J connectivity index is 1.70. The molecule has 0 unspecified atom stereocenters. The van der Waals surface area contributed by atoms with Crippen molar-refractivity contribution in [1.82, 2.24) is 4.90 Å². The molecular weight excluding hydrogens is 378 g/mol. The number of hydrogen-bond acceptors (Lipinski definition) is 5. The third kappa shape index (κ3) is 7.06. The first kappa shape index (κ1) is 23.7. The van der Waals surface area contributed by atoms with Crippen LogP contribution in [0.3, 0.4) is 0 Å². The second-order valence-corrected chi connectivity index (χ2v) is 7.34. The summed E-state index contributed by atoms with van der Waals surface area (Å²) < 4.78 is 16.0. The number of para-hydroxylation sites is 1. The average Bonchev–Trinajstić information content (AvgIpc) is 2.79. The van der Waals surface area contributed by atoms with Gasteiger partial charge in [-0.15, -0.1) is 0 Å². The summed E-state index contributed by atoms with van der Waals surface area (Å²) >= 11 is 0. The van der Waals surface area contributed by atoms with Gasteiger partial charge in [-0.3, -0.25) is 9.69 Å². The van der Waals surface area contributed by atoms with Crippen LogP contribution in [0.5, 0.6) is 17.2 Å². The van der Waals surface area contributed by atoms with Crippen LogP contribution in [0.15, 0.2) is 42.5 Å². The summed E-state index contributed by atoms with van der Waals surface area (Å²) in [4.78, 5) is 14.9. The molecule has 2 aromatic rings. The van der Waals surface area contributed by atoms with E-state index in [4.69, 9.17) is 14.2 Å². The first-order valence-corrected chi connectivity index (χ1v) is 10.7. The van der Waals surface area contributed by atoms with E-state index in [2.05, 4.69) is 24.0 Å². The number of nitrogens with zero attached hydrogens (tertiary/aromatic N) is 1. The third-order valence-electron chi connectivity index (χ3n) is 5.37. The number of hydrogen-bond donors (Lipinski definition) is 0. The molecule has 0 bridgehead atoms. The van der Waals surface area contributed by atoms with Crippen molar-refractivity contribution in [2.75, 3.05) is 34.4 Å². The normalized spacial score (nSPS) is 10.8. The van der Waals surface area contributed by atoms with E-state index in [0.717, 1.165) is 51.1 Å². The van der Waals surface area contributed by atoms with Gasteiger partial charge in [-0.2, -0.15) is 0 Å². The van der Waals surface area contributed by atoms with E-state index in [9.17, 15) is 4.79 Å². The van der Waals surface area contributed by atoms with Gasteiger partial charge in [-0.1, -0.05) is 38.0 Å². The minimum atomic E-state index is 0.155. The molecule has 2 aromatic carbocycles. The van der Waals surface area contributed by atoms with Crippen molar-refractivity contribution in [1.29, 1.82) is 0 Å². The summed E-state index contributed by atoms with van der Waals surface area (Å²) in [6.07, 6.45) is 4.79. The van der Waals surface area contributed by atoms with E-state index in [-0.39, 0.29) is 5.78 Å². The molecule has 0 aliphatic rings. The molecule has 2 rings (SSSR count). The van der Waals surface area contributed by atoms with Crippen molar-refractivity contribution >= 4 is 5.78 Å². The van der Waals surface area contributed by atoms with Gasteiger partial charge in [0.15, 0.2) is 17.3 Å². The number of benzene rings is 2. The van der Waals surface area contributed by atoms with E-state index in [0.29, 0.717) is 23.5 Å². The van der Waals surface area contributed by atoms with Crippen molar-refractivity contribution in [3.05, 3.63) is 53.6 Å². The first-order valence-electron chi connectivity index (χ1n) is 10.7. The smallest absolute Gasteiger partial charge is 0.163 e. The molecule has 0 saturated heterocycles. The summed E-state index contributed by atoms with van der Waals surface area (Å²) in [5.74, 6) is 2.34. The average molecular weight is 414 g/mol. The molecule has 0 spiro atoms. The van der Waals surface area contributed by atoms with Crippen molar-refractivity contribution in [3.63, 3.8) is 0 Å². The zero-order chi connectivity index (χ0) is 21.8. The number of carbonyl (C=O) groups is 1. The summed E-state index contributed by atoms with van der Waals surface area (Å²) in [6, 6.07) is 13.6. The number of Topliss-reactive ketones (excluding diaryl/α,β-unsaturated/α-hetero) is 1. The molecule has 0 amide bonds. The van der Waals surface area contributed by atoms with Crippen LogP contribution in [0.25, 0.3) is 0 Å². The van der Waals surface area contributed by atoms with Gasteiger partial charge < -0.3 is 14.2 Å². The van der Waals surface area contributed by atoms with Gasteiger partial charge in [0.1, 0.15) is 5.75 Å². The molecule has 0 saturated carbocycles. The lowest BCUT2D eigenvalue weighted by Gasteiger charge is -2.21. The Kier molecular flexibility index (Phi) is 10.2. The Hall–Kier alpha value is -2.53. The fourth-order valence-electron chi connectivity index (χ4n) is 3.55. The fraction of sp³-hybridized carbons (Fsp3) is 0.480. The summed E-state index contributed by atoms with van der Waals surface area (Å²) in [7, 11) is 4.90.